The second kappa shape index (κ2) is 12.6. The van der Waals surface area contributed by atoms with Crippen LogP contribution in [-0.4, -0.2) is 19.5 Å². The Morgan fingerprint density at radius 3 is 1.29 bits per heavy atom. The Kier molecular flexibility index (Phi) is 7.14. The van der Waals surface area contributed by atoms with Crippen LogP contribution in [0.4, 0.5) is 0 Å². The molecule has 0 saturated heterocycles. The maximum atomic E-state index is 5.17. The van der Waals surface area contributed by atoms with Crippen molar-refractivity contribution in [3.63, 3.8) is 0 Å². The molecule has 0 bridgehead atoms. The summed E-state index contributed by atoms with van der Waals surface area (Å²) in [5.74, 6) is 1.89. The summed E-state index contributed by atoms with van der Waals surface area (Å²) < 4.78 is 2.33. The normalized spacial score (nSPS) is 11.6. The van der Waals surface area contributed by atoms with Gasteiger partial charge in [-0.2, -0.15) is 0 Å². The van der Waals surface area contributed by atoms with Gasteiger partial charge >= 0.3 is 0 Å². The van der Waals surface area contributed by atoms with Crippen molar-refractivity contribution in [2.24, 2.45) is 0 Å². The lowest BCUT2D eigenvalue weighted by Crippen LogP contribution is -2.01. The van der Waals surface area contributed by atoms with Gasteiger partial charge in [0.1, 0.15) is 0 Å². The molecule has 0 aliphatic heterocycles. The van der Waals surface area contributed by atoms with Crippen molar-refractivity contribution in [1.29, 1.82) is 0 Å². The maximum Gasteiger partial charge on any atom is 0.164 e. The molecular weight excluding hydrogens is 669 g/mol. The van der Waals surface area contributed by atoms with Gasteiger partial charge in [-0.3, -0.25) is 0 Å². The van der Waals surface area contributed by atoms with Crippen molar-refractivity contribution in [2.45, 2.75) is 0 Å². The zero-order valence-corrected chi connectivity index (χ0v) is 29.8. The van der Waals surface area contributed by atoms with Crippen molar-refractivity contribution in [3.8, 4) is 51.0 Å². The van der Waals surface area contributed by atoms with E-state index in [1.807, 2.05) is 18.2 Å². The Balaban J connectivity index is 1.06. The van der Waals surface area contributed by atoms with Crippen molar-refractivity contribution < 1.29 is 0 Å². The molecule has 9 aromatic carbocycles. The number of hydrogen-bond acceptors (Lipinski definition) is 3. The molecule has 0 radical (unpaired) electrons. The highest BCUT2D eigenvalue weighted by atomic mass is 15.0. The summed E-state index contributed by atoms with van der Waals surface area (Å²) in [5, 5.41) is 10.0. The van der Waals surface area contributed by atoms with Crippen LogP contribution >= 0.6 is 0 Å². The molecule has 11 rings (SSSR count). The predicted octanol–water partition coefficient (Wildman–Crippen LogP) is 13.1. The van der Waals surface area contributed by atoms with E-state index in [0.29, 0.717) is 17.5 Å². The molecular formula is C51H32N4. The molecule has 0 unspecified atom stereocenters. The molecule has 0 amide bonds. The minimum absolute atomic E-state index is 0.626. The first-order chi connectivity index (χ1) is 27.3. The van der Waals surface area contributed by atoms with Crippen molar-refractivity contribution in [1.82, 2.24) is 19.5 Å². The van der Waals surface area contributed by atoms with Gasteiger partial charge in [-0.1, -0.05) is 158 Å². The molecule has 0 spiro atoms. The first kappa shape index (κ1) is 31.1. The average Bonchev–Trinajstić information content (AvgIpc) is 3.61. The van der Waals surface area contributed by atoms with Gasteiger partial charge in [0.25, 0.3) is 0 Å². The van der Waals surface area contributed by atoms with Crippen LogP contribution in [0.3, 0.4) is 0 Å². The van der Waals surface area contributed by atoms with Crippen molar-refractivity contribution >= 4 is 54.1 Å². The molecule has 4 heteroatoms. The van der Waals surface area contributed by atoms with Crippen LogP contribution in [0.15, 0.2) is 194 Å². The molecule has 4 nitrogen and oxygen atoms in total. The topological polar surface area (TPSA) is 43.6 Å². The third-order valence-corrected chi connectivity index (χ3v) is 10.8. The fourth-order valence-corrected chi connectivity index (χ4v) is 8.26. The zero-order chi connectivity index (χ0) is 36.3. The highest BCUT2D eigenvalue weighted by Crippen LogP contribution is 2.38. The van der Waals surface area contributed by atoms with Crippen LogP contribution in [0, 0.1) is 0 Å². The number of para-hydroxylation sites is 2. The van der Waals surface area contributed by atoms with E-state index >= 15 is 0 Å². The first-order valence-corrected chi connectivity index (χ1v) is 18.6. The van der Waals surface area contributed by atoms with Crippen LogP contribution in [0.1, 0.15) is 0 Å². The summed E-state index contributed by atoms with van der Waals surface area (Å²) in [7, 11) is 0. The molecule has 0 aliphatic rings. The molecule has 11 aromatic rings. The van der Waals surface area contributed by atoms with Gasteiger partial charge < -0.3 is 4.57 Å². The van der Waals surface area contributed by atoms with Gasteiger partial charge in [0.05, 0.1) is 11.0 Å². The minimum atomic E-state index is 0.626. The lowest BCUT2D eigenvalue weighted by atomic mass is 9.92. The maximum absolute atomic E-state index is 5.17. The Bertz CT molecular complexity index is 3180. The highest BCUT2D eigenvalue weighted by molar-refractivity contribution is 6.25. The number of nitrogens with zero attached hydrogens (tertiary/aromatic N) is 4. The summed E-state index contributed by atoms with van der Waals surface area (Å²) in [6, 6.07) is 68.7. The number of benzene rings is 9. The fraction of sp³-hybridized carbons (Fsp3) is 0. The smallest absolute Gasteiger partial charge is 0.164 e. The Morgan fingerprint density at radius 2 is 0.673 bits per heavy atom. The van der Waals surface area contributed by atoms with E-state index in [-0.39, 0.29) is 0 Å². The van der Waals surface area contributed by atoms with E-state index in [1.54, 1.807) is 0 Å². The van der Waals surface area contributed by atoms with Crippen LogP contribution in [0.2, 0.25) is 0 Å². The summed E-state index contributed by atoms with van der Waals surface area (Å²) >= 11 is 0. The summed E-state index contributed by atoms with van der Waals surface area (Å²) in [6.45, 7) is 0. The number of fused-ring (bicyclic) bond motifs is 9. The van der Waals surface area contributed by atoms with Gasteiger partial charge in [-0.15, -0.1) is 0 Å². The SMILES string of the molecule is c1ccc(-c2nc(-c3cccc(-c4ccc5c6ccccc6c6ccccc6c5c4)c3)nc(-c3cccc(-n4c5ccccc5c5ccccc54)c3)n2)cc1. The molecule has 2 aromatic heterocycles. The number of aromatic nitrogens is 4. The van der Waals surface area contributed by atoms with Gasteiger partial charge in [0.15, 0.2) is 17.5 Å². The van der Waals surface area contributed by atoms with Gasteiger partial charge in [-0.05, 0) is 79.8 Å². The molecule has 2 heterocycles. The second-order valence-corrected chi connectivity index (χ2v) is 14.0. The summed E-state index contributed by atoms with van der Waals surface area (Å²) in [5.41, 5.74) is 8.42. The molecule has 0 fully saturated rings. The van der Waals surface area contributed by atoms with E-state index in [9.17, 15) is 0 Å². The van der Waals surface area contributed by atoms with Crippen molar-refractivity contribution in [3.05, 3.63) is 194 Å². The minimum Gasteiger partial charge on any atom is -0.309 e. The summed E-state index contributed by atoms with van der Waals surface area (Å²) in [6.07, 6.45) is 0. The largest absolute Gasteiger partial charge is 0.309 e. The van der Waals surface area contributed by atoms with Gasteiger partial charge in [-0.25, -0.2) is 15.0 Å². The molecule has 256 valence electrons. The third kappa shape index (κ3) is 5.19. The zero-order valence-electron chi connectivity index (χ0n) is 29.8. The predicted molar refractivity (Wildman–Crippen MR) is 228 cm³/mol. The lowest BCUT2D eigenvalue weighted by molar-refractivity contribution is 1.07. The van der Waals surface area contributed by atoms with E-state index in [1.165, 1.54) is 43.1 Å². The fourth-order valence-electron chi connectivity index (χ4n) is 8.26. The standard InChI is InChI=1S/C51H32N4/c1-2-14-33(15-3-1)49-52-50(54-51(53-49)37-18-13-19-38(31-37)55-47-26-10-8-24-44(47)45-25-9-11-27-48(45)55)36-17-12-16-34(30-36)35-28-29-43-41-22-5-4-20-39(41)40-21-6-7-23-42(40)46(43)32-35/h1-32H. The van der Waals surface area contributed by atoms with Crippen LogP contribution in [0.5, 0.6) is 0 Å². The molecule has 0 atom stereocenters. The van der Waals surface area contributed by atoms with E-state index in [4.69, 9.17) is 15.0 Å². The number of rotatable bonds is 5. The summed E-state index contributed by atoms with van der Waals surface area (Å²) in [4.78, 5) is 15.3. The second-order valence-electron chi connectivity index (χ2n) is 14.0. The monoisotopic (exact) mass is 700 g/mol. The average molecular weight is 701 g/mol. The third-order valence-electron chi connectivity index (χ3n) is 10.8. The Hall–Kier alpha value is -7.43. The van der Waals surface area contributed by atoms with E-state index in [0.717, 1.165) is 44.5 Å². The molecule has 0 saturated carbocycles. The number of hydrogen-bond donors (Lipinski definition) is 0. The van der Waals surface area contributed by atoms with E-state index in [2.05, 4.69) is 180 Å². The van der Waals surface area contributed by atoms with Crippen LogP contribution in [0.25, 0.3) is 105 Å². The molecule has 0 aliphatic carbocycles. The van der Waals surface area contributed by atoms with Crippen molar-refractivity contribution in [2.75, 3.05) is 0 Å². The van der Waals surface area contributed by atoms with E-state index < -0.39 is 0 Å². The Morgan fingerprint density at radius 1 is 0.255 bits per heavy atom. The Labute approximate surface area is 317 Å². The molecule has 55 heavy (non-hydrogen) atoms. The van der Waals surface area contributed by atoms with Gasteiger partial charge in [0.2, 0.25) is 0 Å². The first-order valence-electron chi connectivity index (χ1n) is 18.6. The molecule has 0 N–H and O–H groups in total. The van der Waals surface area contributed by atoms with Gasteiger partial charge in [0, 0.05) is 33.2 Å². The van der Waals surface area contributed by atoms with Crippen LogP contribution in [-0.2, 0) is 0 Å². The van der Waals surface area contributed by atoms with Crippen LogP contribution < -0.4 is 0 Å². The lowest BCUT2D eigenvalue weighted by Gasteiger charge is -2.13. The highest BCUT2D eigenvalue weighted by Gasteiger charge is 2.16. The quantitative estimate of drug-likeness (QED) is 0.168.